The Kier molecular flexibility index (Phi) is 6.42. The zero-order chi connectivity index (χ0) is 20.3. The summed E-state index contributed by atoms with van der Waals surface area (Å²) in [5.41, 5.74) is 4.34. The van der Waals surface area contributed by atoms with Gasteiger partial charge in [-0.2, -0.15) is 0 Å². The summed E-state index contributed by atoms with van der Waals surface area (Å²) in [6, 6.07) is 8.17. The van der Waals surface area contributed by atoms with E-state index < -0.39 is 0 Å². The lowest BCUT2D eigenvalue weighted by molar-refractivity contribution is -1.01. The van der Waals surface area contributed by atoms with Crippen LogP contribution in [-0.2, 0) is 13.6 Å². The molecule has 28 heavy (non-hydrogen) atoms. The molecule has 0 amide bonds. The summed E-state index contributed by atoms with van der Waals surface area (Å²) < 4.78 is 12.8. The zero-order valence-corrected chi connectivity index (χ0v) is 17.7. The van der Waals surface area contributed by atoms with Crippen LogP contribution in [0.2, 0.25) is 0 Å². The van der Waals surface area contributed by atoms with E-state index in [1.54, 1.807) is 19.1 Å². The number of nitrogens with one attached hydrogen (secondary N) is 2. The first kappa shape index (κ1) is 20.4. The molecule has 0 spiro atoms. The van der Waals surface area contributed by atoms with Crippen LogP contribution in [0.15, 0.2) is 24.3 Å². The summed E-state index contributed by atoms with van der Waals surface area (Å²) in [7, 11) is 5.35. The number of ether oxygens (including phenoxy) is 2. The number of carbonyl (C=O) groups excluding carboxylic acids is 1. The number of hydrogen-bond donors (Lipinski definition) is 2. The molecule has 1 fully saturated rings. The second kappa shape index (κ2) is 8.80. The van der Waals surface area contributed by atoms with Crippen LogP contribution in [0.25, 0.3) is 0 Å². The molecule has 0 saturated carbocycles. The summed E-state index contributed by atoms with van der Waals surface area (Å²) in [5.74, 6) is 1.81. The summed E-state index contributed by atoms with van der Waals surface area (Å²) in [6.45, 7) is 9.84. The molecule has 1 aromatic carbocycles. The largest absolute Gasteiger partial charge is 0.493 e. The Balaban J connectivity index is 1.53. The lowest BCUT2D eigenvalue weighted by Crippen LogP contribution is -3.27. The number of hydrogen-bond acceptors (Lipinski definition) is 3. The third-order valence-electron chi connectivity index (χ3n) is 6.05. The van der Waals surface area contributed by atoms with Crippen LogP contribution in [0.1, 0.15) is 27.3 Å². The molecule has 0 bridgehead atoms. The van der Waals surface area contributed by atoms with Gasteiger partial charge < -0.3 is 23.8 Å². The lowest BCUT2D eigenvalue weighted by atomic mass is 10.1. The highest BCUT2D eigenvalue weighted by Crippen LogP contribution is 2.27. The maximum atomic E-state index is 12.7. The second-order valence-electron chi connectivity index (χ2n) is 7.81. The van der Waals surface area contributed by atoms with E-state index in [0.29, 0.717) is 6.54 Å². The zero-order valence-electron chi connectivity index (χ0n) is 17.7. The molecule has 0 atom stereocenters. The van der Waals surface area contributed by atoms with E-state index in [4.69, 9.17) is 9.47 Å². The molecule has 0 unspecified atom stereocenters. The van der Waals surface area contributed by atoms with Crippen molar-refractivity contribution < 1.29 is 24.1 Å². The van der Waals surface area contributed by atoms with Crippen molar-refractivity contribution in [2.45, 2.75) is 20.4 Å². The van der Waals surface area contributed by atoms with Gasteiger partial charge >= 0.3 is 0 Å². The summed E-state index contributed by atoms with van der Waals surface area (Å²) in [4.78, 5) is 15.7. The second-order valence-corrected chi connectivity index (χ2v) is 7.81. The van der Waals surface area contributed by atoms with Crippen molar-refractivity contribution >= 4 is 5.78 Å². The number of carbonyl (C=O) groups is 1. The molecule has 0 aliphatic carbocycles. The number of rotatable bonds is 7. The number of benzene rings is 1. The first-order valence-electron chi connectivity index (χ1n) is 9.97. The Morgan fingerprint density at radius 1 is 1.00 bits per heavy atom. The minimum atomic E-state index is 0.263. The molecule has 6 heteroatoms. The van der Waals surface area contributed by atoms with Crippen molar-refractivity contribution in [3.8, 4) is 11.5 Å². The molecule has 6 nitrogen and oxygen atoms in total. The first-order valence-corrected chi connectivity index (χ1v) is 9.97. The molecule has 152 valence electrons. The molecule has 1 aliphatic heterocycles. The van der Waals surface area contributed by atoms with Gasteiger partial charge in [-0.1, -0.05) is 0 Å². The average Bonchev–Trinajstić information content (AvgIpc) is 2.96. The number of methoxy groups -OCH3 is 2. The maximum Gasteiger partial charge on any atom is 0.218 e. The highest BCUT2D eigenvalue weighted by atomic mass is 16.5. The van der Waals surface area contributed by atoms with Crippen molar-refractivity contribution in [2.24, 2.45) is 7.05 Å². The molecule has 1 aliphatic rings. The van der Waals surface area contributed by atoms with Gasteiger partial charge in [0.15, 0.2) is 11.5 Å². The molecule has 1 aromatic heterocycles. The number of quaternary nitrogens is 2. The monoisotopic (exact) mass is 387 g/mol. The molecular weight excluding hydrogens is 354 g/mol. The third-order valence-corrected chi connectivity index (χ3v) is 6.05. The average molecular weight is 388 g/mol. The smallest absolute Gasteiger partial charge is 0.218 e. The first-order chi connectivity index (χ1) is 13.4. The Hall–Kier alpha value is -2.31. The molecule has 2 N–H and O–H groups in total. The summed E-state index contributed by atoms with van der Waals surface area (Å²) >= 11 is 0. The summed E-state index contributed by atoms with van der Waals surface area (Å²) in [5, 5.41) is 0. The fourth-order valence-corrected chi connectivity index (χ4v) is 4.05. The molecular formula is C22H33N3O3+2. The summed E-state index contributed by atoms with van der Waals surface area (Å²) in [6.07, 6.45) is 0. The van der Waals surface area contributed by atoms with Gasteiger partial charge in [-0.3, -0.25) is 4.79 Å². The standard InChI is InChI=1S/C22H31N3O3/c1-16-12-19(17(2)23(16)3)20(26)15-25-10-8-24(9-11-25)14-18-6-7-21(27-4)22(13-18)28-5/h6-7,12-13H,8-11,14-15H2,1-5H3/p+2. The topological polar surface area (TPSA) is 49.3 Å². The number of aromatic nitrogens is 1. The van der Waals surface area contributed by atoms with Crippen LogP contribution >= 0.6 is 0 Å². The van der Waals surface area contributed by atoms with Crippen LogP contribution in [0.3, 0.4) is 0 Å². The minimum absolute atomic E-state index is 0.263. The van der Waals surface area contributed by atoms with Gasteiger partial charge in [0.05, 0.1) is 14.2 Å². The van der Waals surface area contributed by atoms with E-state index in [9.17, 15) is 4.79 Å². The normalized spacial score (nSPS) is 19.5. The minimum Gasteiger partial charge on any atom is -0.493 e. The molecule has 1 saturated heterocycles. The van der Waals surface area contributed by atoms with E-state index >= 15 is 0 Å². The number of ketones is 1. The fraction of sp³-hybridized carbons (Fsp3) is 0.500. The number of aryl methyl sites for hydroxylation is 1. The number of piperazine rings is 1. The third kappa shape index (κ3) is 4.39. The Labute approximate surface area is 167 Å². The van der Waals surface area contributed by atoms with Crippen molar-refractivity contribution in [1.82, 2.24) is 4.57 Å². The van der Waals surface area contributed by atoms with Crippen LogP contribution in [0.5, 0.6) is 11.5 Å². The van der Waals surface area contributed by atoms with Crippen LogP contribution < -0.4 is 19.3 Å². The Bertz CT molecular complexity index is 836. The predicted octanol–water partition coefficient (Wildman–Crippen LogP) is -0.175. The van der Waals surface area contributed by atoms with Crippen LogP contribution in [0, 0.1) is 13.8 Å². The van der Waals surface area contributed by atoms with Gasteiger partial charge in [0.1, 0.15) is 39.3 Å². The van der Waals surface area contributed by atoms with Crippen LogP contribution in [0.4, 0.5) is 0 Å². The van der Waals surface area contributed by atoms with Crippen molar-refractivity contribution in [3.63, 3.8) is 0 Å². The molecule has 0 radical (unpaired) electrons. The predicted molar refractivity (Wildman–Crippen MR) is 109 cm³/mol. The quantitative estimate of drug-likeness (QED) is 0.649. The van der Waals surface area contributed by atoms with Gasteiger partial charge in [0.25, 0.3) is 0 Å². The van der Waals surface area contributed by atoms with Crippen molar-refractivity contribution in [3.05, 3.63) is 46.8 Å². The van der Waals surface area contributed by atoms with Gasteiger partial charge in [-0.25, -0.2) is 0 Å². The molecule has 2 aromatic rings. The van der Waals surface area contributed by atoms with E-state index in [0.717, 1.165) is 61.2 Å². The molecule has 2 heterocycles. The highest BCUT2D eigenvalue weighted by molar-refractivity contribution is 5.98. The highest BCUT2D eigenvalue weighted by Gasteiger charge is 2.26. The van der Waals surface area contributed by atoms with E-state index in [-0.39, 0.29) is 5.78 Å². The maximum absolute atomic E-state index is 12.7. The van der Waals surface area contributed by atoms with Crippen LogP contribution in [-0.4, -0.2) is 57.3 Å². The Morgan fingerprint density at radius 2 is 1.64 bits per heavy atom. The van der Waals surface area contributed by atoms with Gasteiger partial charge in [-0.05, 0) is 38.1 Å². The van der Waals surface area contributed by atoms with Gasteiger partial charge in [-0.15, -0.1) is 0 Å². The lowest BCUT2D eigenvalue weighted by Gasteiger charge is -2.29. The van der Waals surface area contributed by atoms with E-state index in [1.165, 1.54) is 10.5 Å². The van der Waals surface area contributed by atoms with E-state index in [2.05, 4.69) is 16.7 Å². The SMILES string of the molecule is COc1ccc(C[NH+]2CC[NH+](CC(=O)c3cc(C)n(C)c3C)CC2)cc1OC. The van der Waals surface area contributed by atoms with Gasteiger partial charge in [0, 0.05) is 29.6 Å². The number of nitrogens with zero attached hydrogens (tertiary/aromatic N) is 1. The van der Waals surface area contributed by atoms with E-state index in [1.807, 2.05) is 33.0 Å². The fourth-order valence-electron chi connectivity index (χ4n) is 4.05. The molecule has 3 rings (SSSR count). The number of Topliss-reactive ketones (excluding diaryl/α,β-unsaturated/α-hetero) is 1. The Morgan fingerprint density at radius 3 is 2.21 bits per heavy atom. The van der Waals surface area contributed by atoms with Gasteiger partial charge in [0.2, 0.25) is 5.78 Å². The van der Waals surface area contributed by atoms with Crippen molar-refractivity contribution in [2.75, 3.05) is 46.9 Å². The van der Waals surface area contributed by atoms with Crippen molar-refractivity contribution in [1.29, 1.82) is 0 Å².